The van der Waals surface area contributed by atoms with Crippen LogP contribution < -0.4 is 16.0 Å². The minimum atomic E-state index is -0.270. The quantitative estimate of drug-likeness (QED) is 0.626. The molecule has 6 nitrogen and oxygen atoms in total. The molecule has 26 heavy (non-hydrogen) atoms. The van der Waals surface area contributed by atoms with Gasteiger partial charge in [-0.05, 0) is 37.2 Å². The number of carbonyl (C=O) groups excluding carboxylic acids is 2. The zero-order chi connectivity index (χ0) is 17.4. The van der Waals surface area contributed by atoms with E-state index in [-0.39, 0.29) is 36.6 Å². The second-order valence-electron chi connectivity index (χ2n) is 5.30. The monoisotopic (exact) mass is 398 g/mol. The first-order valence-corrected chi connectivity index (χ1v) is 7.93. The van der Waals surface area contributed by atoms with Crippen LogP contribution in [-0.2, 0) is 0 Å². The van der Waals surface area contributed by atoms with Crippen LogP contribution in [0.15, 0.2) is 42.7 Å². The van der Waals surface area contributed by atoms with Crippen molar-refractivity contribution in [3.8, 4) is 0 Å². The zero-order valence-corrected chi connectivity index (χ0v) is 16.4. The number of carbonyl (C=O) groups is 2. The van der Waals surface area contributed by atoms with Crippen molar-refractivity contribution in [3.05, 3.63) is 59.4 Å². The summed E-state index contributed by atoms with van der Waals surface area (Å²) in [6.07, 6.45) is 3.11. The Hall–Kier alpha value is -2.15. The van der Waals surface area contributed by atoms with Crippen LogP contribution in [0.3, 0.4) is 0 Å². The average Bonchev–Trinajstić information content (AvgIpc) is 2.61. The van der Waals surface area contributed by atoms with Gasteiger partial charge >= 0.3 is 0 Å². The summed E-state index contributed by atoms with van der Waals surface area (Å²) in [6.45, 7) is 5.95. The number of hydrogen-bond acceptors (Lipinski definition) is 4. The summed E-state index contributed by atoms with van der Waals surface area (Å²) < 4.78 is 0. The second-order valence-corrected chi connectivity index (χ2v) is 5.30. The molecule has 0 aliphatic rings. The number of amides is 2. The number of halogens is 2. The van der Waals surface area contributed by atoms with Gasteiger partial charge in [-0.15, -0.1) is 24.8 Å². The largest absolute Gasteiger partial charge is 0.351 e. The lowest BCUT2D eigenvalue weighted by Crippen LogP contribution is -2.32. The van der Waals surface area contributed by atoms with E-state index in [1.165, 1.54) is 0 Å². The van der Waals surface area contributed by atoms with Crippen molar-refractivity contribution in [2.75, 3.05) is 25.0 Å². The molecule has 1 aromatic heterocycles. The maximum absolute atomic E-state index is 12.4. The number of aromatic nitrogens is 1. The summed E-state index contributed by atoms with van der Waals surface area (Å²) in [5.41, 5.74) is 2.30. The maximum Gasteiger partial charge on any atom is 0.255 e. The number of benzene rings is 1. The van der Waals surface area contributed by atoms with Crippen molar-refractivity contribution in [1.82, 2.24) is 15.6 Å². The standard InChI is InChI=1S/C18H22N4O2.2ClH/c1-3-19-11-12-21-18(24)15-6-4-5-13(2)16(15)22-17(23)14-7-9-20-10-8-14;;/h4-10,19H,3,11-12H2,1-2H3,(H,21,24)(H,22,23);2*1H. The van der Waals surface area contributed by atoms with Crippen molar-refractivity contribution >= 4 is 42.3 Å². The normalized spacial score (nSPS) is 9.46. The summed E-state index contributed by atoms with van der Waals surface area (Å²) in [6, 6.07) is 8.62. The predicted octanol–water partition coefficient (Wildman–Crippen LogP) is 2.83. The Balaban J connectivity index is 0.00000312. The van der Waals surface area contributed by atoms with Gasteiger partial charge in [-0.1, -0.05) is 19.1 Å². The van der Waals surface area contributed by atoms with Crippen molar-refractivity contribution < 1.29 is 9.59 Å². The van der Waals surface area contributed by atoms with Gasteiger partial charge < -0.3 is 16.0 Å². The number of aryl methyl sites for hydroxylation is 1. The van der Waals surface area contributed by atoms with Crippen LogP contribution >= 0.6 is 24.8 Å². The Morgan fingerprint density at radius 1 is 1.00 bits per heavy atom. The Bertz CT molecular complexity index is 712. The van der Waals surface area contributed by atoms with Crippen LogP contribution in [-0.4, -0.2) is 36.4 Å². The lowest BCUT2D eigenvalue weighted by molar-refractivity contribution is 0.0955. The predicted molar refractivity (Wildman–Crippen MR) is 109 cm³/mol. The van der Waals surface area contributed by atoms with E-state index in [4.69, 9.17) is 0 Å². The second kappa shape index (κ2) is 12.2. The van der Waals surface area contributed by atoms with E-state index in [1.807, 2.05) is 19.9 Å². The van der Waals surface area contributed by atoms with Gasteiger partial charge in [0.2, 0.25) is 0 Å². The fourth-order valence-electron chi connectivity index (χ4n) is 2.25. The molecule has 0 spiro atoms. The van der Waals surface area contributed by atoms with E-state index in [2.05, 4.69) is 20.9 Å². The number of nitrogens with zero attached hydrogens (tertiary/aromatic N) is 1. The van der Waals surface area contributed by atoms with Gasteiger partial charge in [0.1, 0.15) is 0 Å². The third kappa shape index (κ3) is 6.63. The molecule has 0 radical (unpaired) electrons. The SMILES string of the molecule is CCNCCNC(=O)c1cccc(C)c1NC(=O)c1ccncc1.Cl.Cl. The van der Waals surface area contributed by atoms with Crippen LogP contribution in [0.25, 0.3) is 0 Å². The molecule has 8 heteroatoms. The molecule has 2 amide bonds. The molecule has 0 aliphatic heterocycles. The van der Waals surface area contributed by atoms with Crippen molar-refractivity contribution in [3.63, 3.8) is 0 Å². The Morgan fingerprint density at radius 3 is 2.35 bits per heavy atom. The molecule has 142 valence electrons. The molecule has 1 heterocycles. The molecule has 3 N–H and O–H groups in total. The van der Waals surface area contributed by atoms with Crippen LogP contribution in [0.2, 0.25) is 0 Å². The van der Waals surface area contributed by atoms with Gasteiger partial charge in [-0.2, -0.15) is 0 Å². The first kappa shape index (κ1) is 23.9. The van der Waals surface area contributed by atoms with E-state index in [1.54, 1.807) is 36.7 Å². The highest BCUT2D eigenvalue weighted by Crippen LogP contribution is 2.21. The Morgan fingerprint density at radius 2 is 1.69 bits per heavy atom. The molecule has 0 unspecified atom stereocenters. The van der Waals surface area contributed by atoms with Crippen molar-refractivity contribution in [1.29, 1.82) is 0 Å². The number of pyridine rings is 1. The lowest BCUT2D eigenvalue weighted by Gasteiger charge is -2.14. The van der Waals surface area contributed by atoms with E-state index in [0.29, 0.717) is 29.9 Å². The van der Waals surface area contributed by atoms with Gasteiger partial charge in [-0.25, -0.2) is 0 Å². The molecule has 0 saturated carbocycles. The summed E-state index contributed by atoms with van der Waals surface area (Å²) in [4.78, 5) is 28.7. The summed E-state index contributed by atoms with van der Waals surface area (Å²) in [5, 5.41) is 8.83. The summed E-state index contributed by atoms with van der Waals surface area (Å²) >= 11 is 0. The molecule has 2 rings (SSSR count). The van der Waals surface area contributed by atoms with Gasteiger partial charge in [0.25, 0.3) is 11.8 Å². The molecular weight excluding hydrogens is 375 g/mol. The smallest absolute Gasteiger partial charge is 0.255 e. The minimum Gasteiger partial charge on any atom is -0.351 e. The van der Waals surface area contributed by atoms with E-state index in [9.17, 15) is 9.59 Å². The van der Waals surface area contributed by atoms with Gasteiger partial charge in [-0.3, -0.25) is 14.6 Å². The molecule has 2 aromatic rings. The molecule has 1 aromatic carbocycles. The Kier molecular flexibility index (Phi) is 11.2. The molecule has 0 saturated heterocycles. The highest BCUT2D eigenvalue weighted by atomic mass is 35.5. The van der Waals surface area contributed by atoms with Gasteiger partial charge in [0.15, 0.2) is 0 Å². The fourth-order valence-corrected chi connectivity index (χ4v) is 2.25. The fraction of sp³-hybridized carbons (Fsp3) is 0.278. The first-order valence-electron chi connectivity index (χ1n) is 7.93. The van der Waals surface area contributed by atoms with Gasteiger partial charge in [0.05, 0.1) is 11.3 Å². The number of anilines is 1. The molecule has 0 atom stereocenters. The third-order valence-electron chi connectivity index (χ3n) is 3.54. The Labute approximate surface area is 166 Å². The zero-order valence-electron chi connectivity index (χ0n) is 14.7. The molecule has 0 fully saturated rings. The van der Waals surface area contributed by atoms with Crippen LogP contribution in [0.1, 0.15) is 33.2 Å². The van der Waals surface area contributed by atoms with E-state index < -0.39 is 0 Å². The third-order valence-corrected chi connectivity index (χ3v) is 3.54. The van der Waals surface area contributed by atoms with Crippen LogP contribution in [0.4, 0.5) is 5.69 Å². The van der Waals surface area contributed by atoms with Crippen LogP contribution in [0, 0.1) is 6.92 Å². The van der Waals surface area contributed by atoms with Crippen molar-refractivity contribution in [2.45, 2.75) is 13.8 Å². The van der Waals surface area contributed by atoms with Crippen molar-refractivity contribution in [2.24, 2.45) is 0 Å². The molecule has 0 bridgehead atoms. The van der Waals surface area contributed by atoms with E-state index in [0.717, 1.165) is 12.1 Å². The highest BCUT2D eigenvalue weighted by Gasteiger charge is 2.16. The minimum absolute atomic E-state index is 0. The lowest BCUT2D eigenvalue weighted by atomic mass is 10.1. The summed E-state index contributed by atoms with van der Waals surface area (Å²) in [7, 11) is 0. The maximum atomic E-state index is 12.4. The highest BCUT2D eigenvalue weighted by molar-refractivity contribution is 6.09. The number of likely N-dealkylation sites (N-methyl/N-ethyl adjacent to an activating group) is 1. The van der Waals surface area contributed by atoms with Crippen LogP contribution in [0.5, 0.6) is 0 Å². The number of para-hydroxylation sites is 1. The summed E-state index contributed by atoms with van der Waals surface area (Å²) in [5.74, 6) is -0.477. The number of nitrogens with one attached hydrogen (secondary N) is 3. The van der Waals surface area contributed by atoms with E-state index >= 15 is 0 Å². The first-order chi connectivity index (χ1) is 11.6. The topological polar surface area (TPSA) is 83.1 Å². The molecular formula is C18H24Cl2N4O2. The number of rotatable bonds is 7. The molecule has 0 aliphatic carbocycles. The number of hydrogen-bond donors (Lipinski definition) is 3. The average molecular weight is 399 g/mol. The van der Waals surface area contributed by atoms with Gasteiger partial charge in [0, 0.05) is 31.0 Å².